The van der Waals surface area contributed by atoms with Gasteiger partial charge in [0.05, 0.1) is 28.8 Å². The lowest BCUT2D eigenvalue weighted by atomic mass is 9.84. The van der Waals surface area contributed by atoms with Gasteiger partial charge in [-0.1, -0.05) is 34.3 Å². The molecule has 2 atom stereocenters. The Morgan fingerprint density at radius 2 is 2.14 bits per heavy atom. The number of hydrogen-bond acceptors (Lipinski definition) is 6. The second-order valence-corrected chi connectivity index (χ2v) is 9.30. The van der Waals surface area contributed by atoms with Gasteiger partial charge in [0.15, 0.2) is 0 Å². The van der Waals surface area contributed by atoms with Crippen molar-refractivity contribution in [3.05, 3.63) is 46.0 Å². The summed E-state index contributed by atoms with van der Waals surface area (Å²) in [5.74, 6) is 0.215. The van der Waals surface area contributed by atoms with E-state index in [1.807, 2.05) is 12.1 Å². The van der Waals surface area contributed by atoms with Crippen LogP contribution in [0.2, 0.25) is 0 Å². The van der Waals surface area contributed by atoms with Gasteiger partial charge in [0, 0.05) is 25.6 Å². The lowest BCUT2D eigenvalue weighted by Gasteiger charge is -2.40. The van der Waals surface area contributed by atoms with Crippen LogP contribution in [0, 0.1) is 6.92 Å². The quantitative estimate of drug-likeness (QED) is 0.860. The summed E-state index contributed by atoms with van der Waals surface area (Å²) in [6.07, 6.45) is 4.27. The summed E-state index contributed by atoms with van der Waals surface area (Å²) in [4.78, 5) is 18.6. The van der Waals surface area contributed by atoms with E-state index in [1.165, 1.54) is 22.0 Å². The third-order valence-electron chi connectivity index (χ3n) is 6.70. The smallest absolute Gasteiger partial charge is 0.237 e. The Balaban J connectivity index is 1.23. The van der Waals surface area contributed by atoms with E-state index in [9.17, 15) is 9.90 Å². The van der Waals surface area contributed by atoms with E-state index in [2.05, 4.69) is 38.4 Å². The zero-order chi connectivity index (χ0) is 19.3. The van der Waals surface area contributed by atoms with Crippen LogP contribution in [-0.2, 0) is 16.8 Å². The fourth-order valence-electron chi connectivity index (χ4n) is 5.13. The van der Waals surface area contributed by atoms with Crippen molar-refractivity contribution in [3.8, 4) is 0 Å². The molecule has 2 fully saturated rings. The Morgan fingerprint density at radius 1 is 1.32 bits per heavy atom. The summed E-state index contributed by atoms with van der Waals surface area (Å²) in [6, 6.07) is 8.61. The van der Waals surface area contributed by atoms with E-state index in [0.29, 0.717) is 19.4 Å². The number of likely N-dealkylation sites (tertiary alicyclic amines) is 1. The van der Waals surface area contributed by atoms with E-state index in [0.717, 1.165) is 43.6 Å². The second kappa shape index (κ2) is 6.90. The number of piperidine rings is 1. The molecule has 2 aromatic rings. The molecule has 0 saturated carbocycles. The van der Waals surface area contributed by atoms with Crippen LogP contribution in [0.25, 0.3) is 0 Å². The van der Waals surface area contributed by atoms with Crippen LogP contribution in [0.15, 0.2) is 24.3 Å². The second-order valence-electron chi connectivity index (χ2n) is 8.51. The SMILES string of the molecule is Cc1cccc(C2(O)CCN(CC(=O)N3C4CCC3c3snnc3C4)CC2)c1. The van der Waals surface area contributed by atoms with Crippen LogP contribution in [0.1, 0.15) is 53.4 Å². The number of aliphatic hydroxyl groups is 1. The molecule has 3 aliphatic rings. The Kier molecular flexibility index (Phi) is 4.49. The van der Waals surface area contributed by atoms with Crippen molar-refractivity contribution in [2.24, 2.45) is 0 Å². The molecule has 0 aliphatic carbocycles. The lowest BCUT2D eigenvalue weighted by molar-refractivity contribution is -0.137. The van der Waals surface area contributed by atoms with Gasteiger partial charge in [0.1, 0.15) is 0 Å². The zero-order valence-electron chi connectivity index (χ0n) is 16.2. The largest absolute Gasteiger partial charge is 0.385 e. The number of amides is 1. The number of carbonyl (C=O) groups is 1. The van der Waals surface area contributed by atoms with Crippen LogP contribution in [-0.4, -0.2) is 56.1 Å². The first-order valence-corrected chi connectivity index (χ1v) is 10.9. The minimum Gasteiger partial charge on any atom is -0.385 e. The molecule has 148 valence electrons. The van der Waals surface area contributed by atoms with Crippen molar-refractivity contribution < 1.29 is 9.90 Å². The summed E-state index contributed by atoms with van der Waals surface area (Å²) in [6.45, 7) is 3.98. The van der Waals surface area contributed by atoms with Gasteiger partial charge in [0.25, 0.3) is 0 Å². The molecule has 5 rings (SSSR count). The maximum atomic E-state index is 13.1. The fraction of sp³-hybridized carbons (Fsp3) is 0.571. The normalized spacial score (nSPS) is 26.3. The molecule has 2 saturated heterocycles. The number of aromatic nitrogens is 2. The number of aryl methyl sites for hydroxylation is 1. The molecule has 0 radical (unpaired) electrons. The van der Waals surface area contributed by atoms with Gasteiger partial charge in [0.2, 0.25) is 5.91 Å². The van der Waals surface area contributed by atoms with Crippen molar-refractivity contribution in [3.63, 3.8) is 0 Å². The minimum atomic E-state index is -0.779. The molecule has 7 heteroatoms. The zero-order valence-corrected chi connectivity index (χ0v) is 17.0. The Hall–Kier alpha value is -1.83. The monoisotopic (exact) mass is 398 g/mol. The molecule has 28 heavy (non-hydrogen) atoms. The fourth-order valence-corrected chi connectivity index (χ4v) is 5.94. The van der Waals surface area contributed by atoms with Crippen molar-refractivity contribution in [1.82, 2.24) is 19.4 Å². The van der Waals surface area contributed by atoms with Crippen molar-refractivity contribution in [1.29, 1.82) is 0 Å². The Labute approximate surface area is 169 Å². The molecule has 1 aromatic carbocycles. The Bertz CT molecular complexity index is 890. The molecule has 1 amide bonds. The van der Waals surface area contributed by atoms with Crippen LogP contribution >= 0.6 is 11.5 Å². The summed E-state index contributed by atoms with van der Waals surface area (Å²) in [7, 11) is 0. The molecule has 4 heterocycles. The first-order valence-electron chi connectivity index (χ1n) is 10.2. The van der Waals surface area contributed by atoms with Crippen LogP contribution in [0.4, 0.5) is 0 Å². The van der Waals surface area contributed by atoms with E-state index < -0.39 is 5.60 Å². The maximum absolute atomic E-state index is 13.1. The van der Waals surface area contributed by atoms with Gasteiger partial charge in [-0.3, -0.25) is 9.69 Å². The summed E-state index contributed by atoms with van der Waals surface area (Å²) in [5.41, 5.74) is 2.49. The van der Waals surface area contributed by atoms with Crippen LogP contribution in [0.3, 0.4) is 0 Å². The molecule has 6 nitrogen and oxygen atoms in total. The summed E-state index contributed by atoms with van der Waals surface area (Å²) in [5, 5.41) is 15.4. The molecule has 2 bridgehead atoms. The van der Waals surface area contributed by atoms with E-state index >= 15 is 0 Å². The highest BCUT2D eigenvalue weighted by Gasteiger charge is 2.45. The molecule has 2 unspecified atom stereocenters. The molecular formula is C21H26N4O2S. The summed E-state index contributed by atoms with van der Waals surface area (Å²) >= 11 is 1.45. The summed E-state index contributed by atoms with van der Waals surface area (Å²) < 4.78 is 4.10. The van der Waals surface area contributed by atoms with Crippen LogP contribution in [0.5, 0.6) is 0 Å². The molecule has 1 N–H and O–H groups in total. The van der Waals surface area contributed by atoms with E-state index in [-0.39, 0.29) is 18.0 Å². The van der Waals surface area contributed by atoms with E-state index in [4.69, 9.17) is 0 Å². The predicted octanol–water partition coefficient (Wildman–Crippen LogP) is 2.42. The minimum absolute atomic E-state index is 0.176. The van der Waals surface area contributed by atoms with Gasteiger partial charge in [-0.25, -0.2) is 0 Å². The first-order chi connectivity index (χ1) is 13.5. The number of hydrogen-bond donors (Lipinski definition) is 1. The average Bonchev–Trinajstić information content (AvgIpc) is 3.28. The number of nitrogens with zero attached hydrogens (tertiary/aromatic N) is 4. The first kappa shape index (κ1) is 18.2. The standard InChI is InChI=1S/C21H26N4O2S/c1-14-3-2-4-15(11-14)21(27)7-9-24(10-8-21)13-19(26)25-16-5-6-18(25)20-17(12-16)22-23-28-20/h2-4,11,16,18,27H,5-10,12-13H2,1H3. The topological polar surface area (TPSA) is 69.6 Å². The van der Waals surface area contributed by atoms with Crippen molar-refractivity contribution in [2.45, 2.75) is 56.7 Å². The van der Waals surface area contributed by atoms with Gasteiger partial charge in [-0.15, -0.1) is 5.10 Å². The third kappa shape index (κ3) is 3.06. The van der Waals surface area contributed by atoms with Gasteiger partial charge >= 0.3 is 0 Å². The molecule has 0 spiro atoms. The molecule has 3 aliphatic heterocycles. The highest BCUT2D eigenvalue weighted by molar-refractivity contribution is 7.05. The Morgan fingerprint density at radius 3 is 2.93 bits per heavy atom. The number of benzene rings is 1. The van der Waals surface area contributed by atoms with Gasteiger partial charge in [-0.2, -0.15) is 0 Å². The van der Waals surface area contributed by atoms with Crippen LogP contribution < -0.4 is 0 Å². The average molecular weight is 399 g/mol. The maximum Gasteiger partial charge on any atom is 0.237 e. The van der Waals surface area contributed by atoms with Crippen molar-refractivity contribution in [2.75, 3.05) is 19.6 Å². The molecular weight excluding hydrogens is 372 g/mol. The lowest BCUT2D eigenvalue weighted by Crippen LogP contribution is -2.49. The third-order valence-corrected chi connectivity index (χ3v) is 7.57. The number of carbonyl (C=O) groups excluding carboxylic acids is 1. The predicted molar refractivity (Wildman–Crippen MR) is 107 cm³/mol. The number of fused-ring (bicyclic) bond motifs is 4. The van der Waals surface area contributed by atoms with Crippen molar-refractivity contribution >= 4 is 17.4 Å². The number of rotatable bonds is 3. The molecule has 1 aromatic heterocycles. The van der Waals surface area contributed by atoms with E-state index in [1.54, 1.807) is 0 Å². The van der Waals surface area contributed by atoms with Gasteiger partial charge < -0.3 is 10.0 Å². The highest BCUT2D eigenvalue weighted by Crippen LogP contribution is 2.44. The van der Waals surface area contributed by atoms with Gasteiger partial charge in [-0.05, 0) is 49.7 Å². The highest BCUT2D eigenvalue weighted by atomic mass is 32.1.